The summed E-state index contributed by atoms with van der Waals surface area (Å²) in [6, 6.07) is 5.72. The first-order valence-corrected chi connectivity index (χ1v) is 7.31. The third-order valence-electron chi connectivity index (χ3n) is 3.71. The van der Waals surface area contributed by atoms with Gasteiger partial charge in [-0.3, -0.25) is 9.78 Å². The first-order chi connectivity index (χ1) is 10.3. The zero-order valence-corrected chi connectivity index (χ0v) is 11.9. The number of oxime groups is 1. The van der Waals surface area contributed by atoms with E-state index in [1.54, 1.807) is 12.3 Å². The fourth-order valence-electron chi connectivity index (χ4n) is 2.46. The van der Waals surface area contributed by atoms with Gasteiger partial charge in [-0.05, 0) is 25.0 Å². The fraction of sp³-hybridized carbons (Fsp3) is 0.438. The summed E-state index contributed by atoms with van der Waals surface area (Å²) < 4.78 is 0. The first-order valence-electron chi connectivity index (χ1n) is 7.31. The summed E-state index contributed by atoms with van der Waals surface area (Å²) in [7, 11) is 0. The van der Waals surface area contributed by atoms with Crippen LogP contribution in [-0.4, -0.2) is 40.7 Å². The molecule has 1 fully saturated rings. The van der Waals surface area contributed by atoms with Crippen molar-refractivity contribution >= 4 is 11.6 Å². The second kappa shape index (κ2) is 6.08. The Kier molecular flexibility index (Phi) is 3.99. The maximum absolute atomic E-state index is 12.2. The Morgan fingerprint density at radius 3 is 3.00 bits per heavy atom. The number of nitrogens with zero attached hydrogens (tertiary/aromatic N) is 3. The molecule has 1 aliphatic carbocycles. The van der Waals surface area contributed by atoms with Gasteiger partial charge in [0.1, 0.15) is 5.71 Å². The Bertz CT molecular complexity index is 552. The minimum atomic E-state index is -0.0929. The number of rotatable bonds is 6. The van der Waals surface area contributed by atoms with Gasteiger partial charge in [-0.1, -0.05) is 17.3 Å². The van der Waals surface area contributed by atoms with Crippen molar-refractivity contribution < 1.29 is 9.63 Å². The third-order valence-corrected chi connectivity index (χ3v) is 3.71. The molecule has 1 aromatic heterocycles. The summed E-state index contributed by atoms with van der Waals surface area (Å²) in [6.45, 7) is 4.85. The van der Waals surface area contributed by atoms with Gasteiger partial charge >= 0.3 is 0 Å². The summed E-state index contributed by atoms with van der Waals surface area (Å²) in [6.07, 6.45) is 6.11. The van der Waals surface area contributed by atoms with Crippen LogP contribution in [0.25, 0.3) is 0 Å². The van der Waals surface area contributed by atoms with E-state index in [4.69, 9.17) is 4.84 Å². The van der Waals surface area contributed by atoms with Crippen LogP contribution in [0.1, 0.15) is 25.0 Å². The Hall–Kier alpha value is -2.17. The highest BCUT2D eigenvalue weighted by molar-refractivity contribution is 5.99. The van der Waals surface area contributed by atoms with Crippen molar-refractivity contribution in [3.63, 3.8) is 0 Å². The van der Waals surface area contributed by atoms with Crippen molar-refractivity contribution in [2.24, 2.45) is 11.1 Å². The quantitative estimate of drug-likeness (QED) is 0.751. The molecule has 110 valence electrons. The lowest BCUT2D eigenvalue weighted by molar-refractivity contribution is -0.133. The van der Waals surface area contributed by atoms with Gasteiger partial charge in [0.2, 0.25) is 5.91 Å². The molecule has 0 radical (unpaired) electrons. The van der Waals surface area contributed by atoms with Crippen LogP contribution in [0.15, 0.2) is 42.2 Å². The van der Waals surface area contributed by atoms with Crippen LogP contribution in [0.5, 0.6) is 0 Å². The predicted octanol–water partition coefficient (Wildman–Crippen LogP) is 2.00. The van der Waals surface area contributed by atoms with Crippen LogP contribution >= 0.6 is 0 Å². The largest absolute Gasteiger partial charge is 0.390 e. The fourth-order valence-corrected chi connectivity index (χ4v) is 2.46. The monoisotopic (exact) mass is 285 g/mol. The van der Waals surface area contributed by atoms with Crippen molar-refractivity contribution in [1.82, 2.24) is 9.88 Å². The Morgan fingerprint density at radius 1 is 1.48 bits per heavy atom. The maximum Gasteiger partial charge on any atom is 0.226 e. The number of pyridine rings is 1. The van der Waals surface area contributed by atoms with Crippen LogP contribution in [0.3, 0.4) is 0 Å². The molecule has 1 atom stereocenters. The highest BCUT2D eigenvalue weighted by atomic mass is 16.6. The average molecular weight is 285 g/mol. The summed E-state index contributed by atoms with van der Waals surface area (Å²) in [5, 5.41) is 4.11. The average Bonchev–Trinajstić information content (AvgIpc) is 3.26. The van der Waals surface area contributed by atoms with Crippen LogP contribution < -0.4 is 0 Å². The number of carbonyl (C=O) groups excluding carboxylic acids is 1. The van der Waals surface area contributed by atoms with Crippen molar-refractivity contribution in [3.8, 4) is 0 Å². The number of carbonyl (C=O) groups is 1. The predicted molar refractivity (Wildman–Crippen MR) is 79.8 cm³/mol. The van der Waals surface area contributed by atoms with Gasteiger partial charge in [-0.25, -0.2) is 0 Å². The minimum Gasteiger partial charge on any atom is -0.390 e. The van der Waals surface area contributed by atoms with Gasteiger partial charge in [0.05, 0.1) is 12.2 Å². The Labute approximate surface area is 124 Å². The highest BCUT2D eigenvalue weighted by Crippen LogP contribution is 2.31. The summed E-state index contributed by atoms with van der Waals surface area (Å²) >= 11 is 0. The van der Waals surface area contributed by atoms with E-state index < -0.39 is 0 Å². The zero-order valence-electron chi connectivity index (χ0n) is 11.9. The molecular weight excluding hydrogens is 266 g/mol. The number of hydrogen-bond donors (Lipinski definition) is 0. The molecule has 0 unspecified atom stereocenters. The number of amides is 1. The van der Waals surface area contributed by atoms with E-state index in [9.17, 15) is 4.79 Å². The van der Waals surface area contributed by atoms with E-state index in [2.05, 4.69) is 16.7 Å². The minimum absolute atomic E-state index is 0.0929. The molecule has 0 aromatic carbocycles. The Morgan fingerprint density at radius 2 is 2.33 bits per heavy atom. The lowest BCUT2D eigenvalue weighted by Crippen LogP contribution is -2.38. The summed E-state index contributed by atoms with van der Waals surface area (Å²) in [5.74, 6) is 0.423. The molecule has 21 heavy (non-hydrogen) atoms. The lowest BCUT2D eigenvalue weighted by atomic mass is 10.1. The van der Waals surface area contributed by atoms with Gasteiger partial charge in [-0.15, -0.1) is 6.58 Å². The van der Waals surface area contributed by atoms with Gasteiger partial charge in [0.25, 0.3) is 0 Å². The van der Waals surface area contributed by atoms with Crippen molar-refractivity contribution in [2.45, 2.75) is 25.4 Å². The van der Waals surface area contributed by atoms with Gasteiger partial charge in [0, 0.05) is 25.1 Å². The van der Waals surface area contributed by atoms with Crippen LogP contribution in [0.4, 0.5) is 0 Å². The van der Waals surface area contributed by atoms with Crippen molar-refractivity contribution in [3.05, 3.63) is 42.7 Å². The molecule has 1 aliphatic heterocycles. The zero-order chi connectivity index (χ0) is 14.7. The van der Waals surface area contributed by atoms with Crippen LogP contribution in [-0.2, 0) is 9.63 Å². The molecule has 1 saturated carbocycles. The molecule has 0 bridgehead atoms. The molecule has 0 spiro atoms. The number of aromatic nitrogens is 1. The molecule has 3 rings (SSSR count). The van der Waals surface area contributed by atoms with Crippen LogP contribution in [0.2, 0.25) is 0 Å². The molecular formula is C16H19N3O2. The third kappa shape index (κ3) is 3.29. The standard InChI is InChI=1S/C16H19N3O2/c1-2-9-19(16(20)12-6-7-12)11-13-10-15(18-21-13)14-5-3-4-8-17-14/h2-5,8,12-13H,1,6-7,9-11H2/t13-/m1/s1. The Balaban J connectivity index is 1.59. The van der Waals surface area contributed by atoms with E-state index in [0.29, 0.717) is 19.5 Å². The smallest absolute Gasteiger partial charge is 0.226 e. The van der Waals surface area contributed by atoms with Crippen molar-refractivity contribution in [1.29, 1.82) is 0 Å². The van der Waals surface area contributed by atoms with E-state index in [-0.39, 0.29) is 17.9 Å². The molecule has 1 amide bonds. The van der Waals surface area contributed by atoms with E-state index in [1.807, 2.05) is 23.1 Å². The first kappa shape index (κ1) is 13.8. The molecule has 0 saturated heterocycles. The molecule has 2 heterocycles. The van der Waals surface area contributed by atoms with E-state index in [1.165, 1.54) is 0 Å². The second-order valence-electron chi connectivity index (χ2n) is 5.49. The van der Waals surface area contributed by atoms with Crippen LogP contribution in [0, 0.1) is 5.92 Å². The number of hydrogen-bond acceptors (Lipinski definition) is 4. The lowest BCUT2D eigenvalue weighted by Gasteiger charge is -2.23. The van der Waals surface area contributed by atoms with Crippen molar-refractivity contribution in [2.75, 3.05) is 13.1 Å². The topological polar surface area (TPSA) is 54.8 Å². The summed E-state index contributed by atoms with van der Waals surface area (Å²) in [5.41, 5.74) is 1.68. The molecule has 5 nitrogen and oxygen atoms in total. The van der Waals surface area contributed by atoms with Gasteiger partial charge < -0.3 is 9.74 Å². The molecule has 5 heteroatoms. The van der Waals surface area contributed by atoms with E-state index >= 15 is 0 Å². The normalized spacial score (nSPS) is 20.6. The molecule has 2 aliphatic rings. The summed E-state index contributed by atoms with van der Waals surface area (Å²) in [4.78, 5) is 23.8. The maximum atomic E-state index is 12.2. The van der Waals surface area contributed by atoms with Gasteiger partial charge in [-0.2, -0.15) is 0 Å². The highest BCUT2D eigenvalue weighted by Gasteiger charge is 2.35. The molecule has 0 N–H and O–H groups in total. The van der Waals surface area contributed by atoms with Gasteiger partial charge in [0.15, 0.2) is 6.10 Å². The molecule has 1 aromatic rings. The van der Waals surface area contributed by atoms with E-state index in [0.717, 1.165) is 24.2 Å². The second-order valence-corrected chi connectivity index (χ2v) is 5.49. The SMILES string of the molecule is C=CCN(C[C@H]1CC(c2ccccn2)=NO1)C(=O)C1CC1.